The van der Waals surface area contributed by atoms with Crippen LogP contribution in [0.3, 0.4) is 0 Å². The van der Waals surface area contributed by atoms with Gasteiger partial charge in [-0.2, -0.15) is 18.2 Å². The van der Waals surface area contributed by atoms with Gasteiger partial charge in [0.15, 0.2) is 5.82 Å². The number of likely N-dealkylation sites (N-methyl/N-ethyl adjacent to an activating group) is 1. The summed E-state index contributed by atoms with van der Waals surface area (Å²) in [4.78, 5) is 18.4. The third-order valence-corrected chi connectivity index (χ3v) is 6.22. The van der Waals surface area contributed by atoms with Crippen LogP contribution in [0.2, 0.25) is 0 Å². The van der Waals surface area contributed by atoms with E-state index in [9.17, 15) is 22.4 Å². The standard InChI is InChI=1S/C21H29F4N3O3/c1-28-9-3-4-17(28)18(29)26-11-14-10-16(22)20(27-19(14)30-2)31-12-13-5-7-15(8-6-13)21(23,24)25/h10,13,15,17H,3-9,11-12H2,1-2H3,(H,26,29)/t13?,15?,17-/m0/s1. The van der Waals surface area contributed by atoms with Crippen LogP contribution in [-0.4, -0.2) is 55.3 Å². The molecule has 3 rings (SSSR count). The third-order valence-electron chi connectivity index (χ3n) is 6.22. The second-order valence-electron chi connectivity index (χ2n) is 8.37. The van der Waals surface area contributed by atoms with Gasteiger partial charge >= 0.3 is 6.18 Å². The number of ether oxygens (including phenoxy) is 2. The minimum atomic E-state index is -4.16. The van der Waals surface area contributed by atoms with E-state index in [1.54, 1.807) is 0 Å². The van der Waals surface area contributed by atoms with Gasteiger partial charge in [0.25, 0.3) is 5.88 Å². The van der Waals surface area contributed by atoms with Crippen molar-refractivity contribution in [2.75, 3.05) is 27.3 Å². The fourth-order valence-corrected chi connectivity index (χ4v) is 4.29. The van der Waals surface area contributed by atoms with Gasteiger partial charge < -0.3 is 14.8 Å². The summed E-state index contributed by atoms with van der Waals surface area (Å²) in [6, 6.07) is 1.01. The first-order chi connectivity index (χ1) is 14.7. The van der Waals surface area contributed by atoms with Crippen molar-refractivity contribution in [1.29, 1.82) is 0 Å². The topological polar surface area (TPSA) is 63.7 Å². The van der Waals surface area contributed by atoms with Gasteiger partial charge in [0.2, 0.25) is 11.8 Å². The van der Waals surface area contributed by atoms with Crippen molar-refractivity contribution in [3.63, 3.8) is 0 Å². The highest BCUT2D eigenvalue weighted by molar-refractivity contribution is 5.82. The Hall–Kier alpha value is -2.10. The molecule has 2 fully saturated rings. The van der Waals surface area contributed by atoms with Crippen LogP contribution >= 0.6 is 0 Å². The lowest BCUT2D eigenvalue weighted by molar-refractivity contribution is -0.184. The molecule has 1 aromatic heterocycles. The van der Waals surface area contributed by atoms with Crippen molar-refractivity contribution in [2.24, 2.45) is 11.8 Å². The van der Waals surface area contributed by atoms with Crippen LogP contribution in [0.4, 0.5) is 17.6 Å². The predicted molar refractivity (Wildman–Crippen MR) is 105 cm³/mol. The minimum absolute atomic E-state index is 0.0611. The Balaban J connectivity index is 1.55. The molecule has 0 unspecified atom stereocenters. The van der Waals surface area contributed by atoms with E-state index in [0.29, 0.717) is 18.4 Å². The molecule has 1 saturated carbocycles. The Morgan fingerprint density at radius 1 is 1.23 bits per heavy atom. The Morgan fingerprint density at radius 3 is 2.52 bits per heavy atom. The number of carbonyl (C=O) groups excluding carboxylic acids is 1. The maximum absolute atomic E-state index is 14.5. The second kappa shape index (κ2) is 10.0. The molecule has 1 atom stereocenters. The van der Waals surface area contributed by atoms with Crippen molar-refractivity contribution in [2.45, 2.75) is 57.3 Å². The van der Waals surface area contributed by atoms with E-state index in [4.69, 9.17) is 9.47 Å². The predicted octanol–water partition coefficient (Wildman–Crippen LogP) is 3.69. The van der Waals surface area contributed by atoms with Gasteiger partial charge in [-0.1, -0.05) is 0 Å². The number of pyridine rings is 1. The summed E-state index contributed by atoms with van der Waals surface area (Å²) in [5.41, 5.74) is 0.382. The number of alkyl halides is 3. The lowest BCUT2D eigenvalue weighted by Crippen LogP contribution is -2.41. The zero-order valence-electron chi connectivity index (χ0n) is 17.8. The molecule has 6 nitrogen and oxygen atoms in total. The Labute approximate surface area is 179 Å². The van der Waals surface area contributed by atoms with E-state index >= 15 is 0 Å². The van der Waals surface area contributed by atoms with Crippen molar-refractivity contribution >= 4 is 5.91 Å². The highest BCUT2D eigenvalue weighted by atomic mass is 19.4. The Kier molecular flexibility index (Phi) is 7.61. The smallest absolute Gasteiger partial charge is 0.391 e. The zero-order valence-corrected chi connectivity index (χ0v) is 17.8. The third kappa shape index (κ3) is 5.99. The van der Waals surface area contributed by atoms with Gasteiger partial charge in [0.05, 0.1) is 25.7 Å². The van der Waals surface area contributed by atoms with Crippen molar-refractivity contribution < 1.29 is 31.8 Å². The fourth-order valence-electron chi connectivity index (χ4n) is 4.29. The van der Waals surface area contributed by atoms with E-state index < -0.39 is 17.9 Å². The number of hydrogen-bond acceptors (Lipinski definition) is 5. The molecule has 0 bridgehead atoms. The van der Waals surface area contributed by atoms with Crippen molar-refractivity contribution in [3.05, 3.63) is 17.4 Å². The quantitative estimate of drug-likeness (QED) is 0.646. The summed E-state index contributed by atoms with van der Waals surface area (Å²) >= 11 is 0. The van der Waals surface area contributed by atoms with Crippen LogP contribution in [0.5, 0.6) is 11.8 Å². The van der Waals surface area contributed by atoms with E-state index in [1.165, 1.54) is 13.2 Å². The van der Waals surface area contributed by atoms with E-state index in [2.05, 4.69) is 10.3 Å². The normalized spacial score (nSPS) is 24.8. The lowest BCUT2D eigenvalue weighted by atomic mass is 9.82. The van der Waals surface area contributed by atoms with E-state index in [-0.39, 0.29) is 55.6 Å². The van der Waals surface area contributed by atoms with Crippen LogP contribution < -0.4 is 14.8 Å². The maximum atomic E-state index is 14.5. The molecule has 31 heavy (non-hydrogen) atoms. The second-order valence-corrected chi connectivity index (χ2v) is 8.37. The molecular weight excluding hydrogens is 418 g/mol. The SMILES string of the molecule is COc1nc(OCC2CCC(C(F)(F)F)CC2)c(F)cc1CNC(=O)[C@@H]1CCCN1C. The molecule has 0 aromatic carbocycles. The zero-order chi connectivity index (χ0) is 22.6. The van der Waals surface area contributed by atoms with Gasteiger partial charge in [-0.3, -0.25) is 9.69 Å². The van der Waals surface area contributed by atoms with Gasteiger partial charge in [-0.25, -0.2) is 4.39 Å². The fraction of sp³-hybridized carbons (Fsp3) is 0.714. The minimum Gasteiger partial charge on any atom is -0.481 e. The molecule has 10 heteroatoms. The number of hydrogen-bond donors (Lipinski definition) is 1. The first-order valence-electron chi connectivity index (χ1n) is 10.6. The molecular formula is C21H29F4N3O3. The van der Waals surface area contributed by atoms with Gasteiger partial charge in [0, 0.05) is 12.1 Å². The summed E-state index contributed by atoms with van der Waals surface area (Å²) in [5.74, 6) is -2.28. The average molecular weight is 447 g/mol. The molecule has 2 heterocycles. The monoisotopic (exact) mass is 447 g/mol. The summed E-state index contributed by atoms with van der Waals surface area (Å²) in [6.07, 6.45) is -1.55. The van der Waals surface area contributed by atoms with Crippen LogP contribution in [0.15, 0.2) is 6.07 Å². The molecule has 1 aromatic rings. The van der Waals surface area contributed by atoms with Crippen LogP contribution in [0.25, 0.3) is 0 Å². The molecule has 2 aliphatic rings. The Morgan fingerprint density at radius 2 is 1.94 bits per heavy atom. The largest absolute Gasteiger partial charge is 0.481 e. The average Bonchev–Trinajstić information content (AvgIpc) is 3.16. The summed E-state index contributed by atoms with van der Waals surface area (Å²) in [7, 11) is 3.28. The first-order valence-corrected chi connectivity index (χ1v) is 10.6. The lowest BCUT2D eigenvalue weighted by Gasteiger charge is -2.29. The number of likely N-dealkylation sites (tertiary alicyclic amines) is 1. The maximum Gasteiger partial charge on any atom is 0.391 e. The summed E-state index contributed by atoms with van der Waals surface area (Å²) in [5, 5.41) is 2.79. The number of nitrogens with zero attached hydrogens (tertiary/aromatic N) is 2. The van der Waals surface area contributed by atoms with Crippen LogP contribution in [-0.2, 0) is 11.3 Å². The number of carbonyl (C=O) groups is 1. The number of methoxy groups -OCH3 is 1. The molecule has 1 amide bonds. The number of halogens is 4. The number of aromatic nitrogens is 1. The molecule has 1 aliphatic heterocycles. The summed E-state index contributed by atoms with van der Waals surface area (Å²) in [6.45, 7) is 1.03. The molecule has 0 radical (unpaired) electrons. The van der Waals surface area contributed by atoms with Gasteiger partial charge in [-0.05, 0) is 64.1 Å². The number of amides is 1. The Bertz CT molecular complexity index is 767. The van der Waals surface area contributed by atoms with E-state index in [1.807, 2.05) is 11.9 Å². The van der Waals surface area contributed by atoms with E-state index in [0.717, 1.165) is 19.4 Å². The molecule has 1 N–H and O–H groups in total. The number of rotatable bonds is 7. The van der Waals surface area contributed by atoms with Crippen molar-refractivity contribution in [1.82, 2.24) is 15.2 Å². The number of nitrogens with one attached hydrogen (secondary N) is 1. The highest BCUT2D eigenvalue weighted by Crippen LogP contribution is 2.39. The molecule has 174 valence electrons. The first kappa shape index (κ1) is 23.6. The molecule has 1 aliphatic carbocycles. The summed E-state index contributed by atoms with van der Waals surface area (Å²) < 4.78 is 63.5. The van der Waals surface area contributed by atoms with Crippen molar-refractivity contribution in [3.8, 4) is 11.8 Å². The highest BCUT2D eigenvalue weighted by Gasteiger charge is 2.41. The van der Waals surface area contributed by atoms with Crippen LogP contribution in [0.1, 0.15) is 44.1 Å². The van der Waals surface area contributed by atoms with Gasteiger partial charge in [-0.15, -0.1) is 0 Å². The van der Waals surface area contributed by atoms with Crippen LogP contribution in [0, 0.1) is 17.7 Å². The van der Waals surface area contributed by atoms with Gasteiger partial charge in [0.1, 0.15) is 0 Å². The molecule has 1 saturated heterocycles. The molecule has 0 spiro atoms.